The number of hydrogen-bond donors (Lipinski definition) is 1. The number of amides is 1. The van der Waals surface area contributed by atoms with Crippen LogP contribution in [-0.2, 0) is 16.8 Å². The number of aromatic nitrogens is 1. The summed E-state index contributed by atoms with van der Waals surface area (Å²) in [5, 5.41) is 1.98. The summed E-state index contributed by atoms with van der Waals surface area (Å²) in [5.74, 6) is 0.282. The molecule has 2 aromatic rings. The van der Waals surface area contributed by atoms with Crippen molar-refractivity contribution in [2.45, 2.75) is 31.7 Å². The Morgan fingerprint density at radius 3 is 3.05 bits per heavy atom. The summed E-state index contributed by atoms with van der Waals surface area (Å²) >= 11 is 6.11. The zero-order valence-electron chi connectivity index (χ0n) is 10.8. The third-order valence-corrected chi connectivity index (χ3v) is 4.95. The van der Waals surface area contributed by atoms with Crippen LogP contribution in [0.5, 0.6) is 0 Å². The van der Waals surface area contributed by atoms with Gasteiger partial charge in [0.2, 0.25) is 5.91 Å². The smallest absolute Gasteiger partial charge is 0.223 e. The molecule has 3 heterocycles. The van der Waals surface area contributed by atoms with E-state index in [0.29, 0.717) is 6.42 Å². The molecule has 0 saturated carbocycles. The highest BCUT2D eigenvalue weighted by Gasteiger charge is 2.47. The molecule has 98 valence electrons. The lowest BCUT2D eigenvalue weighted by atomic mass is 9.86. The Kier molecular flexibility index (Phi) is 2.12. The van der Waals surface area contributed by atoms with E-state index >= 15 is 0 Å². The number of nitrogens with one attached hydrogen (secondary N) is 1. The first-order valence-corrected chi connectivity index (χ1v) is 7.08. The number of hydrogen-bond acceptors (Lipinski definition) is 1. The van der Waals surface area contributed by atoms with Gasteiger partial charge in [-0.05, 0) is 43.5 Å². The molecule has 1 atom stereocenters. The molecule has 1 amide bonds. The third-order valence-electron chi connectivity index (χ3n) is 4.71. The topological polar surface area (TPSA) is 36.1 Å². The number of rotatable bonds is 0. The second-order valence-corrected chi connectivity index (χ2v) is 6.17. The maximum atomic E-state index is 12.0. The molecule has 1 saturated heterocycles. The van der Waals surface area contributed by atoms with Crippen molar-refractivity contribution in [3.05, 3.63) is 34.5 Å². The van der Waals surface area contributed by atoms with Crippen molar-refractivity contribution in [2.75, 3.05) is 6.54 Å². The molecule has 3 nitrogen and oxygen atoms in total. The highest BCUT2D eigenvalue weighted by atomic mass is 35.5. The van der Waals surface area contributed by atoms with Crippen molar-refractivity contribution in [3.8, 4) is 0 Å². The fourth-order valence-electron chi connectivity index (χ4n) is 3.69. The molecular formula is C15H15ClN2O. The number of aromatic amines is 1. The number of benzene rings is 1. The minimum atomic E-state index is -0.157. The van der Waals surface area contributed by atoms with Gasteiger partial charge in [0.05, 0.1) is 5.54 Å². The molecule has 4 rings (SSSR count). The molecule has 0 aliphatic carbocycles. The van der Waals surface area contributed by atoms with Gasteiger partial charge in [0, 0.05) is 34.6 Å². The number of fused-ring (bicyclic) bond motifs is 5. The van der Waals surface area contributed by atoms with E-state index in [1.54, 1.807) is 0 Å². The normalized spacial score (nSPS) is 25.8. The Hall–Kier alpha value is -1.48. The van der Waals surface area contributed by atoms with Crippen molar-refractivity contribution in [2.24, 2.45) is 0 Å². The van der Waals surface area contributed by atoms with Gasteiger partial charge >= 0.3 is 0 Å². The number of carbonyl (C=O) groups is 1. The monoisotopic (exact) mass is 274 g/mol. The summed E-state index contributed by atoms with van der Waals surface area (Å²) < 4.78 is 0. The van der Waals surface area contributed by atoms with Gasteiger partial charge in [0.15, 0.2) is 0 Å². The van der Waals surface area contributed by atoms with E-state index < -0.39 is 0 Å². The van der Waals surface area contributed by atoms with Gasteiger partial charge in [0.25, 0.3) is 0 Å². The highest BCUT2D eigenvalue weighted by molar-refractivity contribution is 6.31. The molecule has 2 aliphatic rings. The number of H-pyrrole nitrogens is 1. The van der Waals surface area contributed by atoms with E-state index in [9.17, 15) is 4.79 Å². The molecule has 1 aromatic carbocycles. The van der Waals surface area contributed by atoms with Gasteiger partial charge in [-0.1, -0.05) is 11.6 Å². The van der Waals surface area contributed by atoms with Gasteiger partial charge < -0.3 is 9.88 Å². The zero-order chi connectivity index (χ0) is 13.2. The Morgan fingerprint density at radius 1 is 1.37 bits per heavy atom. The largest absolute Gasteiger partial charge is 0.356 e. The lowest BCUT2D eigenvalue weighted by molar-refractivity contribution is -0.131. The Labute approximate surface area is 116 Å². The molecule has 2 aliphatic heterocycles. The third kappa shape index (κ3) is 1.36. The molecule has 1 fully saturated rings. The van der Waals surface area contributed by atoms with Crippen molar-refractivity contribution in [1.82, 2.24) is 9.88 Å². The van der Waals surface area contributed by atoms with E-state index in [4.69, 9.17) is 11.6 Å². The van der Waals surface area contributed by atoms with Crippen molar-refractivity contribution < 1.29 is 4.79 Å². The van der Waals surface area contributed by atoms with Crippen LogP contribution in [0.15, 0.2) is 18.2 Å². The minimum Gasteiger partial charge on any atom is -0.356 e. The van der Waals surface area contributed by atoms with Crippen LogP contribution in [0.1, 0.15) is 31.0 Å². The Bertz CT molecular complexity index is 705. The Morgan fingerprint density at radius 2 is 2.21 bits per heavy atom. The summed E-state index contributed by atoms with van der Waals surface area (Å²) in [6.07, 6.45) is 2.47. The fourth-order valence-corrected chi connectivity index (χ4v) is 3.86. The lowest BCUT2D eigenvalue weighted by Gasteiger charge is -2.39. The van der Waals surface area contributed by atoms with Crippen LogP contribution >= 0.6 is 11.6 Å². The molecule has 4 heteroatoms. The molecule has 0 bridgehead atoms. The van der Waals surface area contributed by atoms with E-state index in [1.807, 2.05) is 23.1 Å². The summed E-state index contributed by atoms with van der Waals surface area (Å²) in [7, 11) is 0. The predicted molar refractivity (Wildman–Crippen MR) is 75.3 cm³/mol. The SMILES string of the molecule is CC12CCC(=O)N1CCc1c2[nH]c2ccc(Cl)cc12. The fraction of sp³-hybridized carbons (Fsp3) is 0.400. The highest BCUT2D eigenvalue weighted by Crippen LogP contribution is 2.45. The number of carbonyl (C=O) groups excluding carboxylic acids is 1. The van der Waals surface area contributed by atoms with Crippen molar-refractivity contribution in [3.63, 3.8) is 0 Å². The predicted octanol–water partition coefficient (Wildman–Crippen LogP) is 3.22. The van der Waals surface area contributed by atoms with E-state index in [-0.39, 0.29) is 11.4 Å². The second kappa shape index (κ2) is 3.54. The molecule has 19 heavy (non-hydrogen) atoms. The maximum absolute atomic E-state index is 12.0. The summed E-state index contributed by atoms with van der Waals surface area (Å²) in [6, 6.07) is 5.97. The van der Waals surface area contributed by atoms with Crippen molar-refractivity contribution in [1.29, 1.82) is 0 Å². The van der Waals surface area contributed by atoms with Crippen LogP contribution in [0, 0.1) is 0 Å². The summed E-state index contributed by atoms with van der Waals surface area (Å²) in [6.45, 7) is 2.99. The van der Waals surface area contributed by atoms with Gasteiger partial charge in [0.1, 0.15) is 0 Å². The van der Waals surface area contributed by atoms with E-state index in [2.05, 4.69) is 11.9 Å². The quantitative estimate of drug-likeness (QED) is 0.787. The first-order valence-electron chi connectivity index (χ1n) is 6.71. The number of nitrogens with zero attached hydrogens (tertiary/aromatic N) is 1. The zero-order valence-corrected chi connectivity index (χ0v) is 11.5. The summed E-state index contributed by atoms with van der Waals surface area (Å²) in [4.78, 5) is 17.5. The first kappa shape index (κ1) is 11.4. The van der Waals surface area contributed by atoms with Gasteiger partial charge in [-0.25, -0.2) is 0 Å². The van der Waals surface area contributed by atoms with Crippen LogP contribution in [0.2, 0.25) is 5.02 Å². The average molecular weight is 275 g/mol. The van der Waals surface area contributed by atoms with Gasteiger partial charge in [-0.15, -0.1) is 0 Å². The molecule has 1 aromatic heterocycles. The van der Waals surface area contributed by atoms with Gasteiger partial charge in [-0.3, -0.25) is 4.79 Å². The van der Waals surface area contributed by atoms with Crippen LogP contribution in [0.4, 0.5) is 0 Å². The maximum Gasteiger partial charge on any atom is 0.223 e. The van der Waals surface area contributed by atoms with Crippen LogP contribution in [0.3, 0.4) is 0 Å². The minimum absolute atomic E-state index is 0.157. The van der Waals surface area contributed by atoms with Crippen LogP contribution < -0.4 is 0 Å². The molecule has 0 spiro atoms. The Balaban J connectivity index is 1.99. The summed E-state index contributed by atoms with van der Waals surface area (Å²) in [5.41, 5.74) is 3.51. The molecule has 0 radical (unpaired) electrons. The lowest BCUT2D eigenvalue weighted by Crippen LogP contribution is -2.46. The van der Waals surface area contributed by atoms with Gasteiger partial charge in [-0.2, -0.15) is 0 Å². The first-order chi connectivity index (χ1) is 9.09. The molecule has 1 unspecified atom stereocenters. The van der Waals surface area contributed by atoms with Crippen molar-refractivity contribution >= 4 is 28.4 Å². The second-order valence-electron chi connectivity index (χ2n) is 5.74. The standard InChI is InChI=1S/C15H15ClN2O/c1-15-6-4-13(19)18(15)7-5-10-11-8-9(16)2-3-12(11)17-14(10)15/h2-3,8,17H,4-7H2,1H3. The van der Waals surface area contributed by atoms with Crippen LogP contribution in [-0.4, -0.2) is 22.3 Å². The van der Waals surface area contributed by atoms with Crippen LogP contribution in [0.25, 0.3) is 10.9 Å². The number of halogens is 1. The average Bonchev–Trinajstić information content (AvgIpc) is 2.89. The molecule has 1 N–H and O–H groups in total. The molecular weight excluding hydrogens is 260 g/mol. The van der Waals surface area contributed by atoms with E-state index in [0.717, 1.165) is 29.9 Å². The van der Waals surface area contributed by atoms with E-state index in [1.165, 1.54) is 16.6 Å².